The molecule has 5 N–H and O–H groups in total. The zero-order valence-electron chi connectivity index (χ0n) is 11.8. The van der Waals surface area contributed by atoms with Gasteiger partial charge < -0.3 is 15.7 Å². The predicted molar refractivity (Wildman–Crippen MR) is 77.4 cm³/mol. The standard InChI is InChI=1S/C11H18N4O6S/c1-6(16)12-10(13-7(17)2-3-9(19)20)11(21)15-14-8(18)4-5-22/h10,22H,2-5H2,1H3,(H,12,16)(H,13,17)(H,14,18)(H,15,21)(H,19,20). The van der Waals surface area contributed by atoms with Crippen LogP contribution in [0.5, 0.6) is 0 Å². The van der Waals surface area contributed by atoms with Gasteiger partial charge in [0.2, 0.25) is 17.7 Å². The van der Waals surface area contributed by atoms with Crippen LogP contribution in [-0.4, -0.2) is 46.6 Å². The van der Waals surface area contributed by atoms with Gasteiger partial charge in [-0.25, -0.2) is 0 Å². The number of thiol groups is 1. The SMILES string of the molecule is CC(=O)NC(NC(=O)CCC(=O)O)C(=O)NNC(=O)CCS. The molecule has 0 saturated heterocycles. The third-order valence-corrected chi connectivity index (χ3v) is 2.37. The summed E-state index contributed by atoms with van der Waals surface area (Å²) in [6.45, 7) is 1.13. The maximum atomic E-state index is 11.8. The molecule has 124 valence electrons. The summed E-state index contributed by atoms with van der Waals surface area (Å²) in [5, 5.41) is 12.8. The molecule has 0 spiro atoms. The number of nitrogens with one attached hydrogen (secondary N) is 4. The lowest BCUT2D eigenvalue weighted by Gasteiger charge is -2.19. The maximum absolute atomic E-state index is 11.8. The molecular weight excluding hydrogens is 316 g/mol. The van der Waals surface area contributed by atoms with Crippen molar-refractivity contribution in [3.8, 4) is 0 Å². The van der Waals surface area contributed by atoms with E-state index in [0.717, 1.165) is 6.92 Å². The van der Waals surface area contributed by atoms with Crippen LogP contribution in [0.2, 0.25) is 0 Å². The number of amides is 4. The summed E-state index contributed by atoms with van der Waals surface area (Å²) in [5.41, 5.74) is 4.10. The normalized spacial score (nSPS) is 11.0. The molecule has 1 unspecified atom stereocenters. The quantitative estimate of drug-likeness (QED) is 0.170. The van der Waals surface area contributed by atoms with Gasteiger partial charge in [0.05, 0.1) is 6.42 Å². The molecule has 0 aliphatic carbocycles. The third-order valence-electron chi connectivity index (χ3n) is 2.15. The van der Waals surface area contributed by atoms with Crippen molar-refractivity contribution in [2.24, 2.45) is 0 Å². The van der Waals surface area contributed by atoms with Crippen LogP contribution in [0, 0.1) is 0 Å². The highest BCUT2D eigenvalue weighted by Crippen LogP contribution is 1.90. The molecule has 0 heterocycles. The number of hydrogen-bond acceptors (Lipinski definition) is 6. The van der Waals surface area contributed by atoms with Crippen molar-refractivity contribution in [2.75, 3.05) is 5.75 Å². The average molecular weight is 334 g/mol. The molecule has 0 aliphatic heterocycles. The first kappa shape index (κ1) is 19.7. The van der Waals surface area contributed by atoms with Gasteiger partial charge in [0, 0.05) is 19.8 Å². The molecule has 0 fully saturated rings. The number of carbonyl (C=O) groups is 5. The molecule has 0 bridgehead atoms. The first-order valence-corrected chi connectivity index (χ1v) is 6.87. The molecule has 0 radical (unpaired) electrons. The molecule has 0 rings (SSSR count). The van der Waals surface area contributed by atoms with Gasteiger partial charge >= 0.3 is 5.97 Å². The smallest absolute Gasteiger partial charge is 0.303 e. The summed E-state index contributed by atoms with van der Waals surface area (Å²) in [6, 6.07) is 0. The Labute approximate surface area is 131 Å². The molecule has 11 heteroatoms. The van der Waals surface area contributed by atoms with Crippen LogP contribution < -0.4 is 21.5 Å². The second-order valence-corrected chi connectivity index (χ2v) is 4.55. The van der Waals surface area contributed by atoms with Crippen LogP contribution >= 0.6 is 12.6 Å². The van der Waals surface area contributed by atoms with Crippen molar-refractivity contribution < 1.29 is 29.1 Å². The first-order chi connectivity index (χ1) is 10.3. The minimum atomic E-state index is -1.44. The lowest BCUT2D eigenvalue weighted by atomic mass is 10.3. The van der Waals surface area contributed by atoms with Crippen molar-refractivity contribution in [1.82, 2.24) is 21.5 Å². The van der Waals surface area contributed by atoms with Crippen LogP contribution in [0.15, 0.2) is 0 Å². The average Bonchev–Trinajstić information content (AvgIpc) is 2.41. The lowest BCUT2D eigenvalue weighted by molar-refractivity contribution is -0.139. The molecule has 10 nitrogen and oxygen atoms in total. The Balaban J connectivity index is 4.51. The Bertz CT molecular complexity index is 456. The Morgan fingerprint density at radius 2 is 1.59 bits per heavy atom. The maximum Gasteiger partial charge on any atom is 0.303 e. The van der Waals surface area contributed by atoms with E-state index < -0.39 is 42.2 Å². The number of hydrazine groups is 1. The number of aliphatic carboxylic acids is 1. The van der Waals surface area contributed by atoms with E-state index in [2.05, 4.69) is 28.7 Å². The Hall–Kier alpha value is -2.30. The first-order valence-electron chi connectivity index (χ1n) is 6.24. The fourth-order valence-electron chi connectivity index (χ4n) is 1.19. The topological polar surface area (TPSA) is 154 Å². The van der Waals surface area contributed by atoms with Gasteiger partial charge in [0.25, 0.3) is 5.91 Å². The Morgan fingerprint density at radius 3 is 2.09 bits per heavy atom. The molecule has 22 heavy (non-hydrogen) atoms. The summed E-state index contributed by atoms with van der Waals surface area (Å²) >= 11 is 3.84. The molecule has 0 aromatic carbocycles. The summed E-state index contributed by atoms with van der Waals surface area (Å²) in [5.74, 6) is -3.61. The number of carboxylic acid groups (broad SMARTS) is 1. The van der Waals surface area contributed by atoms with Gasteiger partial charge in [-0.2, -0.15) is 12.6 Å². The summed E-state index contributed by atoms with van der Waals surface area (Å²) in [7, 11) is 0. The van der Waals surface area contributed by atoms with Gasteiger partial charge in [-0.3, -0.25) is 34.8 Å². The van der Waals surface area contributed by atoms with Crippen molar-refractivity contribution in [3.05, 3.63) is 0 Å². The minimum absolute atomic E-state index is 0.0686. The second kappa shape index (κ2) is 10.4. The largest absolute Gasteiger partial charge is 0.481 e. The van der Waals surface area contributed by atoms with E-state index in [1.165, 1.54) is 0 Å². The van der Waals surface area contributed by atoms with Gasteiger partial charge in [-0.15, -0.1) is 0 Å². The van der Waals surface area contributed by atoms with Crippen LogP contribution in [-0.2, 0) is 24.0 Å². The van der Waals surface area contributed by atoms with Gasteiger partial charge in [0.15, 0.2) is 6.17 Å². The van der Waals surface area contributed by atoms with Crippen molar-refractivity contribution >= 4 is 42.2 Å². The molecule has 0 aromatic rings. The van der Waals surface area contributed by atoms with E-state index in [1.807, 2.05) is 5.43 Å². The van der Waals surface area contributed by atoms with E-state index in [9.17, 15) is 24.0 Å². The molecule has 0 saturated carbocycles. The predicted octanol–water partition coefficient (Wildman–Crippen LogP) is -2.10. The zero-order chi connectivity index (χ0) is 17.1. The van der Waals surface area contributed by atoms with Crippen molar-refractivity contribution in [2.45, 2.75) is 32.4 Å². The Morgan fingerprint density at radius 1 is 0.955 bits per heavy atom. The molecule has 1 atom stereocenters. The van der Waals surface area contributed by atoms with Crippen LogP contribution in [0.1, 0.15) is 26.2 Å². The zero-order valence-corrected chi connectivity index (χ0v) is 12.7. The van der Waals surface area contributed by atoms with Gasteiger partial charge in [0.1, 0.15) is 0 Å². The summed E-state index contributed by atoms with van der Waals surface area (Å²) in [4.78, 5) is 55.8. The van der Waals surface area contributed by atoms with E-state index in [-0.39, 0.29) is 18.6 Å². The number of carboxylic acids is 1. The van der Waals surface area contributed by atoms with E-state index in [0.29, 0.717) is 0 Å². The summed E-state index contributed by atoms with van der Waals surface area (Å²) < 4.78 is 0. The highest BCUT2D eigenvalue weighted by molar-refractivity contribution is 7.80. The number of carbonyl (C=O) groups excluding carboxylic acids is 4. The minimum Gasteiger partial charge on any atom is -0.481 e. The summed E-state index contributed by atoms with van der Waals surface area (Å²) in [6.07, 6.45) is -2.14. The highest BCUT2D eigenvalue weighted by Gasteiger charge is 2.22. The molecular formula is C11H18N4O6S. The van der Waals surface area contributed by atoms with Crippen LogP contribution in [0.3, 0.4) is 0 Å². The molecule has 0 aromatic heterocycles. The van der Waals surface area contributed by atoms with Gasteiger partial charge in [-0.05, 0) is 5.75 Å². The monoisotopic (exact) mass is 334 g/mol. The van der Waals surface area contributed by atoms with E-state index >= 15 is 0 Å². The van der Waals surface area contributed by atoms with Crippen molar-refractivity contribution in [3.63, 3.8) is 0 Å². The molecule has 0 aliphatic rings. The molecule has 4 amide bonds. The van der Waals surface area contributed by atoms with Crippen LogP contribution in [0.25, 0.3) is 0 Å². The van der Waals surface area contributed by atoms with Crippen LogP contribution in [0.4, 0.5) is 0 Å². The second-order valence-electron chi connectivity index (χ2n) is 4.11. The Kier molecular flexibility index (Phi) is 9.34. The fraction of sp³-hybridized carbons (Fsp3) is 0.545. The third kappa shape index (κ3) is 9.58. The number of rotatable bonds is 8. The van der Waals surface area contributed by atoms with E-state index in [1.54, 1.807) is 0 Å². The van der Waals surface area contributed by atoms with Crippen molar-refractivity contribution in [1.29, 1.82) is 0 Å². The lowest BCUT2D eigenvalue weighted by Crippen LogP contribution is -2.59. The van der Waals surface area contributed by atoms with E-state index in [4.69, 9.17) is 5.11 Å². The number of hydrogen-bond donors (Lipinski definition) is 6. The fourth-order valence-corrected chi connectivity index (χ4v) is 1.39. The van der Waals surface area contributed by atoms with Gasteiger partial charge in [-0.1, -0.05) is 0 Å². The highest BCUT2D eigenvalue weighted by atomic mass is 32.1.